The van der Waals surface area contributed by atoms with Crippen LogP contribution in [0, 0.1) is 0 Å². The average molecular weight is 560 g/mol. The van der Waals surface area contributed by atoms with Crippen molar-refractivity contribution < 1.29 is 22.8 Å². The molecule has 32 heavy (non-hydrogen) atoms. The fourth-order valence-corrected chi connectivity index (χ4v) is 2.67. The number of aliphatic imine (C=N–C) groups is 1. The summed E-state index contributed by atoms with van der Waals surface area (Å²) in [5.41, 5.74) is 1.10. The summed E-state index contributed by atoms with van der Waals surface area (Å²) >= 11 is 0. The highest BCUT2D eigenvalue weighted by molar-refractivity contribution is 14.0. The summed E-state index contributed by atoms with van der Waals surface area (Å²) in [6.45, 7) is -2.25. The first kappa shape index (κ1) is 25.2. The Morgan fingerprint density at radius 1 is 1.22 bits per heavy atom. The number of pyridine rings is 1. The number of ether oxygens (including phenoxy) is 2. The van der Waals surface area contributed by atoms with Crippen molar-refractivity contribution in [1.82, 2.24) is 25.8 Å². The largest absolute Gasteiger partial charge is 0.497 e. The van der Waals surface area contributed by atoms with E-state index in [1.165, 1.54) is 13.2 Å². The first-order valence-electron chi connectivity index (χ1n) is 9.39. The minimum absolute atomic E-state index is 0. The van der Waals surface area contributed by atoms with Crippen LogP contribution in [0.2, 0.25) is 0 Å². The Bertz CT molecular complexity index is 1000. The molecule has 0 atom stereocenters. The topological polar surface area (TPSA) is 107 Å². The number of benzene rings is 1. The van der Waals surface area contributed by atoms with Gasteiger partial charge in [-0.05, 0) is 30.3 Å². The number of rotatable bonds is 9. The van der Waals surface area contributed by atoms with Crippen LogP contribution in [-0.4, -0.2) is 48.4 Å². The second-order valence-corrected chi connectivity index (χ2v) is 6.19. The van der Waals surface area contributed by atoms with Crippen LogP contribution in [0.5, 0.6) is 11.5 Å². The summed E-state index contributed by atoms with van der Waals surface area (Å²) in [5, 5.41) is 10.1. The molecule has 12 heteroatoms. The first-order chi connectivity index (χ1) is 15.1. The van der Waals surface area contributed by atoms with Gasteiger partial charge in [0.25, 0.3) is 5.89 Å². The molecule has 0 aliphatic carbocycles. The maximum absolute atomic E-state index is 12.7. The molecule has 0 aliphatic heterocycles. The molecule has 0 spiro atoms. The second-order valence-electron chi connectivity index (χ2n) is 6.19. The minimum Gasteiger partial charge on any atom is -0.497 e. The molecule has 2 aromatic heterocycles. The van der Waals surface area contributed by atoms with Crippen LogP contribution in [0.3, 0.4) is 0 Å². The molecule has 9 nitrogen and oxygen atoms in total. The van der Waals surface area contributed by atoms with Gasteiger partial charge in [0.15, 0.2) is 11.8 Å². The summed E-state index contributed by atoms with van der Waals surface area (Å²) < 4.78 is 40.2. The molecular formula is C20H23F2IN6O3. The SMILES string of the molecule is CN=C(NCCc1noc(-c2ccccn2)n1)NCc1cc(OC)ccc1OC(F)F.I. The number of guanidine groups is 1. The highest BCUT2D eigenvalue weighted by Crippen LogP contribution is 2.25. The molecule has 0 fully saturated rings. The van der Waals surface area contributed by atoms with Crippen molar-refractivity contribution in [3.63, 3.8) is 0 Å². The van der Waals surface area contributed by atoms with Crippen LogP contribution in [0.25, 0.3) is 11.6 Å². The molecule has 172 valence electrons. The molecule has 0 aliphatic rings. The second kappa shape index (κ2) is 12.7. The van der Waals surface area contributed by atoms with Gasteiger partial charge >= 0.3 is 6.61 Å². The van der Waals surface area contributed by atoms with Crippen molar-refractivity contribution in [2.75, 3.05) is 20.7 Å². The number of hydrogen-bond donors (Lipinski definition) is 2. The molecule has 1 aromatic carbocycles. The summed E-state index contributed by atoms with van der Waals surface area (Å²) in [6.07, 6.45) is 2.13. The quantitative estimate of drug-likeness (QED) is 0.234. The fourth-order valence-electron chi connectivity index (χ4n) is 2.67. The van der Waals surface area contributed by atoms with E-state index in [1.54, 1.807) is 37.5 Å². The van der Waals surface area contributed by atoms with Crippen LogP contribution in [0.4, 0.5) is 8.78 Å². The number of methoxy groups -OCH3 is 1. The zero-order chi connectivity index (χ0) is 22.1. The third-order valence-electron chi connectivity index (χ3n) is 4.15. The Morgan fingerprint density at radius 3 is 2.75 bits per heavy atom. The Balaban J connectivity index is 0.00000363. The zero-order valence-corrected chi connectivity index (χ0v) is 19.7. The van der Waals surface area contributed by atoms with E-state index in [4.69, 9.17) is 9.26 Å². The van der Waals surface area contributed by atoms with Gasteiger partial charge in [-0.1, -0.05) is 11.2 Å². The molecule has 0 radical (unpaired) electrons. The van der Waals surface area contributed by atoms with Crippen molar-refractivity contribution in [3.8, 4) is 23.1 Å². The number of alkyl halides is 2. The number of nitrogens with zero attached hydrogens (tertiary/aromatic N) is 4. The predicted molar refractivity (Wildman–Crippen MR) is 124 cm³/mol. The van der Waals surface area contributed by atoms with Crippen LogP contribution >= 0.6 is 24.0 Å². The lowest BCUT2D eigenvalue weighted by atomic mass is 10.2. The highest BCUT2D eigenvalue weighted by atomic mass is 127. The van der Waals surface area contributed by atoms with E-state index < -0.39 is 6.61 Å². The van der Waals surface area contributed by atoms with E-state index in [-0.39, 0.29) is 36.3 Å². The zero-order valence-electron chi connectivity index (χ0n) is 17.4. The third-order valence-corrected chi connectivity index (χ3v) is 4.15. The van der Waals surface area contributed by atoms with Crippen LogP contribution in [-0.2, 0) is 13.0 Å². The highest BCUT2D eigenvalue weighted by Gasteiger charge is 2.12. The summed E-state index contributed by atoms with van der Waals surface area (Å²) in [4.78, 5) is 12.6. The Kier molecular flexibility index (Phi) is 10.0. The molecule has 0 saturated carbocycles. The number of nitrogens with one attached hydrogen (secondary N) is 2. The van der Waals surface area contributed by atoms with Gasteiger partial charge in [0.2, 0.25) is 0 Å². The maximum Gasteiger partial charge on any atom is 0.387 e. The van der Waals surface area contributed by atoms with Crippen LogP contribution < -0.4 is 20.1 Å². The summed E-state index contributed by atoms with van der Waals surface area (Å²) in [5.74, 6) is 1.93. The lowest BCUT2D eigenvalue weighted by molar-refractivity contribution is -0.0505. The minimum atomic E-state index is -2.92. The summed E-state index contributed by atoms with van der Waals surface area (Å²) in [6, 6.07) is 10.0. The van der Waals surface area contributed by atoms with E-state index >= 15 is 0 Å². The van der Waals surface area contributed by atoms with E-state index in [0.717, 1.165) is 0 Å². The van der Waals surface area contributed by atoms with Crippen molar-refractivity contribution in [2.24, 2.45) is 4.99 Å². The molecule has 0 saturated heterocycles. The Hall–Kier alpha value is -3.03. The van der Waals surface area contributed by atoms with Gasteiger partial charge < -0.3 is 24.6 Å². The third kappa shape index (κ3) is 7.28. The number of hydrogen-bond acceptors (Lipinski definition) is 7. The van der Waals surface area contributed by atoms with Gasteiger partial charge in [0, 0.05) is 38.3 Å². The van der Waals surface area contributed by atoms with E-state index in [0.29, 0.717) is 47.6 Å². The smallest absolute Gasteiger partial charge is 0.387 e. The van der Waals surface area contributed by atoms with Crippen LogP contribution in [0.1, 0.15) is 11.4 Å². The molecule has 3 rings (SSSR count). The van der Waals surface area contributed by atoms with E-state index in [1.807, 2.05) is 6.07 Å². The molecular weight excluding hydrogens is 537 g/mol. The van der Waals surface area contributed by atoms with E-state index in [2.05, 4.69) is 35.5 Å². The van der Waals surface area contributed by atoms with Crippen molar-refractivity contribution in [3.05, 3.63) is 54.0 Å². The predicted octanol–water partition coefficient (Wildman–Crippen LogP) is 3.27. The van der Waals surface area contributed by atoms with Crippen molar-refractivity contribution in [2.45, 2.75) is 19.6 Å². The lowest BCUT2D eigenvalue weighted by Crippen LogP contribution is -2.38. The molecule has 0 amide bonds. The number of halogens is 3. The average Bonchev–Trinajstić information content (AvgIpc) is 3.26. The standard InChI is InChI=1S/C20H22F2N6O3.HI/c1-23-20(26-12-13-11-14(29-2)6-7-16(13)30-19(21)22)25-10-8-17-27-18(31-28-17)15-5-3-4-9-24-15;/h3-7,9,11,19H,8,10,12H2,1-2H3,(H2,23,25,26);1H. The first-order valence-corrected chi connectivity index (χ1v) is 9.39. The van der Waals surface area contributed by atoms with Crippen LogP contribution in [0.15, 0.2) is 52.1 Å². The number of aromatic nitrogens is 3. The normalized spacial score (nSPS) is 11.1. The maximum atomic E-state index is 12.7. The summed E-state index contributed by atoms with van der Waals surface area (Å²) in [7, 11) is 3.10. The van der Waals surface area contributed by atoms with Gasteiger partial charge in [0.1, 0.15) is 17.2 Å². The fraction of sp³-hybridized carbons (Fsp3) is 0.300. The molecule has 2 heterocycles. The van der Waals surface area contributed by atoms with Gasteiger partial charge in [-0.15, -0.1) is 24.0 Å². The molecule has 2 N–H and O–H groups in total. The Morgan fingerprint density at radius 2 is 2.06 bits per heavy atom. The van der Waals surface area contributed by atoms with Crippen molar-refractivity contribution in [1.29, 1.82) is 0 Å². The molecule has 3 aromatic rings. The lowest BCUT2D eigenvalue weighted by Gasteiger charge is -2.15. The van der Waals surface area contributed by atoms with Gasteiger partial charge in [0.05, 0.1) is 7.11 Å². The van der Waals surface area contributed by atoms with Gasteiger partial charge in [-0.25, -0.2) is 0 Å². The molecule has 0 bridgehead atoms. The van der Waals surface area contributed by atoms with Gasteiger partial charge in [-0.3, -0.25) is 9.98 Å². The molecule has 0 unspecified atom stereocenters. The van der Waals surface area contributed by atoms with Crippen molar-refractivity contribution >= 4 is 29.9 Å². The van der Waals surface area contributed by atoms with E-state index in [9.17, 15) is 8.78 Å². The monoisotopic (exact) mass is 560 g/mol. The Labute approximate surface area is 200 Å². The van der Waals surface area contributed by atoms with Gasteiger partial charge in [-0.2, -0.15) is 13.8 Å².